The van der Waals surface area contributed by atoms with Crippen LogP contribution in [0, 0.1) is 16.0 Å². The molecular weight excluding hydrogens is 519 g/mol. The lowest BCUT2D eigenvalue weighted by molar-refractivity contribution is 0.194. The summed E-state index contributed by atoms with van der Waals surface area (Å²) >= 11 is 4.02. The first-order valence-electron chi connectivity index (χ1n) is 11.0. The van der Waals surface area contributed by atoms with E-state index in [1.807, 2.05) is 6.07 Å². The molecule has 0 aliphatic carbocycles. The number of hydrogen-bond donors (Lipinski definition) is 1. The molecule has 31 heavy (non-hydrogen) atoms. The van der Waals surface area contributed by atoms with Gasteiger partial charge in [0.25, 0.3) is 0 Å². The third-order valence-corrected chi connectivity index (χ3v) is 7.23. The maximum atomic E-state index is 7.66. The molecule has 0 aliphatic rings. The Morgan fingerprint density at radius 3 is 2.58 bits per heavy atom. The number of benzene rings is 2. The van der Waals surface area contributed by atoms with Crippen molar-refractivity contribution in [2.24, 2.45) is 10.1 Å². The Morgan fingerprint density at radius 1 is 1.16 bits per heavy atom. The van der Waals surface area contributed by atoms with Crippen LogP contribution in [-0.2, 0) is 6.54 Å². The van der Waals surface area contributed by atoms with Gasteiger partial charge in [-0.1, -0.05) is 44.6 Å². The molecule has 0 saturated heterocycles. The molecule has 5 nitrogen and oxygen atoms in total. The molecule has 0 radical (unpaired) electrons. The van der Waals surface area contributed by atoms with Gasteiger partial charge in [0.05, 0.1) is 22.9 Å². The summed E-state index contributed by atoms with van der Waals surface area (Å²) in [5, 5.41) is 3.76. The Kier molecular flexibility index (Phi) is 8.66. The van der Waals surface area contributed by atoms with Crippen LogP contribution in [0.1, 0.15) is 57.6 Å². The first-order chi connectivity index (χ1) is 15.0. The summed E-state index contributed by atoms with van der Waals surface area (Å²) in [6, 6.07) is 10.6. The average molecular weight is 551 g/mol. The zero-order valence-corrected chi connectivity index (χ0v) is 21.7. The van der Waals surface area contributed by atoms with Crippen LogP contribution >= 0.6 is 33.9 Å². The predicted molar refractivity (Wildman–Crippen MR) is 138 cm³/mol. The molecule has 1 N–H and O–H groups in total. The van der Waals surface area contributed by atoms with Crippen LogP contribution in [0.15, 0.2) is 40.4 Å². The van der Waals surface area contributed by atoms with Crippen LogP contribution in [-0.4, -0.2) is 17.2 Å². The molecule has 0 atom stereocenters. The van der Waals surface area contributed by atoms with Crippen LogP contribution < -0.4 is 9.54 Å². The van der Waals surface area contributed by atoms with E-state index in [1.54, 1.807) is 11.3 Å². The molecule has 0 spiro atoms. The van der Waals surface area contributed by atoms with Crippen LogP contribution in [0.5, 0.6) is 5.75 Å². The number of rotatable bonds is 10. The van der Waals surface area contributed by atoms with Gasteiger partial charge >= 0.3 is 0 Å². The predicted octanol–water partition coefficient (Wildman–Crippen LogP) is 7.59. The summed E-state index contributed by atoms with van der Waals surface area (Å²) in [7, 11) is 0. The van der Waals surface area contributed by atoms with Crippen molar-refractivity contribution >= 4 is 49.8 Å². The van der Waals surface area contributed by atoms with E-state index in [0.29, 0.717) is 11.4 Å². The topological polar surface area (TPSA) is 62.7 Å². The molecule has 0 aliphatic heterocycles. The maximum Gasteiger partial charge on any atom is 0.186 e. The molecule has 0 bridgehead atoms. The van der Waals surface area contributed by atoms with Crippen molar-refractivity contribution in [2.75, 3.05) is 6.54 Å². The van der Waals surface area contributed by atoms with Crippen LogP contribution in [0.25, 0.3) is 10.2 Å². The Labute approximate surface area is 202 Å². The van der Waals surface area contributed by atoms with E-state index in [2.05, 4.69) is 84.2 Å². The van der Waals surface area contributed by atoms with Gasteiger partial charge in [0.1, 0.15) is 11.4 Å². The Bertz CT molecular complexity index is 1110. The summed E-state index contributed by atoms with van der Waals surface area (Å²) in [5.41, 5.74) is 11.9. The molecule has 0 fully saturated rings. The molecule has 0 amide bonds. The van der Waals surface area contributed by atoms with E-state index >= 15 is 0 Å². The van der Waals surface area contributed by atoms with Gasteiger partial charge in [0.2, 0.25) is 0 Å². The SMILES string of the molecule is CCCCN=c1sc2cc(N=N)c(OC(CC)CC)cc2n1Cc1ccc(I)cc1C. The highest BCUT2D eigenvalue weighted by Crippen LogP contribution is 2.35. The zero-order valence-electron chi connectivity index (χ0n) is 18.7. The zero-order chi connectivity index (χ0) is 22.4. The lowest BCUT2D eigenvalue weighted by Crippen LogP contribution is -2.17. The quantitative estimate of drug-likeness (QED) is 0.158. The number of aryl methyl sites for hydroxylation is 1. The van der Waals surface area contributed by atoms with E-state index in [-0.39, 0.29) is 6.10 Å². The van der Waals surface area contributed by atoms with E-state index in [1.165, 1.54) is 14.7 Å². The number of fused-ring (bicyclic) bond motifs is 1. The molecule has 0 unspecified atom stereocenters. The largest absolute Gasteiger partial charge is 0.488 e. The number of nitrogens with zero attached hydrogens (tertiary/aromatic N) is 3. The Balaban J connectivity index is 2.16. The Hall–Kier alpha value is -1.74. The lowest BCUT2D eigenvalue weighted by Gasteiger charge is -2.17. The van der Waals surface area contributed by atoms with Crippen LogP contribution in [0.2, 0.25) is 0 Å². The minimum atomic E-state index is 0.122. The molecule has 3 aromatic rings. The minimum Gasteiger partial charge on any atom is -0.488 e. The molecule has 0 saturated carbocycles. The number of aromatic nitrogens is 1. The van der Waals surface area contributed by atoms with E-state index in [4.69, 9.17) is 15.3 Å². The monoisotopic (exact) mass is 550 g/mol. The summed E-state index contributed by atoms with van der Waals surface area (Å²) in [4.78, 5) is 5.93. The van der Waals surface area contributed by atoms with Gasteiger partial charge < -0.3 is 9.30 Å². The highest BCUT2D eigenvalue weighted by molar-refractivity contribution is 14.1. The van der Waals surface area contributed by atoms with Crippen LogP contribution in [0.3, 0.4) is 0 Å². The van der Waals surface area contributed by atoms with Crippen molar-refractivity contribution in [1.82, 2.24) is 4.57 Å². The summed E-state index contributed by atoms with van der Waals surface area (Å²) in [6.45, 7) is 10.2. The number of hydrogen-bond acceptors (Lipinski definition) is 5. The standard InChI is InChI=1S/C24H31IN4OS/c1-5-8-11-27-24-29(15-17-9-10-18(25)12-16(17)4)21-14-22(30-19(6-2)7-3)20(28-26)13-23(21)31-24/h9-10,12-14,19,26H,5-8,11,15H2,1-4H3. The van der Waals surface area contributed by atoms with Crippen molar-refractivity contribution in [2.45, 2.75) is 66.0 Å². The van der Waals surface area contributed by atoms with Crippen molar-refractivity contribution in [1.29, 1.82) is 5.53 Å². The molecular formula is C24H31IN4OS. The third kappa shape index (κ3) is 5.74. The fourth-order valence-corrected chi connectivity index (χ4v) is 5.23. The molecule has 1 heterocycles. The van der Waals surface area contributed by atoms with Gasteiger partial charge in [0.15, 0.2) is 4.80 Å². The first-order valence-corrected chi connectivity index (χ1v) is 12.9. The smallest absolute Gasteiger partial charge is 0.186 e. The fraction of sp³-hybridized carbons (Fsp3) is 0.458. The number of nitrogens with one attached hydrogen (secondary N) is 1. The number of thiazole rings is 1. The molecule has 2 aromatic carbocycles. The normalized spacial score (nSPS) is 12.1. The highest BCUT2D eigenvalue weighted by Gasteiger charge is 2.16. The number of ether oxygens (including phenoxy) is 1. The second kappa shape index (κ2) is 11.2. The van der Waals surface area contributed by atoms with Gasteiger partial charge in [-0.2, -0.15) is 5.11 Å². The lowest BCUT2D eigenvalue weighted by atomic mass is 10.1. The molecule has 7 heteroatoms. The van der Waals surface area contributed by atoms with Crippen molar-refractivity contribution in [3.8, 4) is 5.75 Å². The minimum absolute atomic E-state index is 0.122. The first kappa shape index (κ1) is 23.9. The third-order valence-electron chi connectivity index (χ3n) is 5.48. The number of unbranched alkanes of at least 4 members (excludes halogenated alkanes) is 1. The van der Waals surface area contributed by atoms with Crippen LogP contribution in [0.4, 0.5) is 5.69 Å². The highest BCUT2D eigenvalue weighted by atomic mass is 127. The molecule has 1 aromatic heterocycles. The van der Waals surface area contributed by atoms with Gasteiger partial charge in [-0.15, -0.1) is 0 Å². The molecule has 3 rings (SSSR count). The maximum absolute atomic E-state index is 7.66. The van der Waals surface area contributed by atoms with E-state index in [9.17, 15) is 0 Å². The fourth-order valence-electron chi connectivity index (χ4n) is 3.51. The summed E-state index contributed by atoms with van der Waals surface area (Å²) in [6.07, 6.45) is 4.18. The van der Waals surface area contributed by atoms with Gasteiger partial charge in [-0.3, -0.25) is 4.99 Å². The summed E-state index contributed by atoms with van der Waals surface area (Å²) < 4.78 is 10.9. The summed E-state index contributed by atoms with van der Waals surface area (Å²) in [5.74, 6) is 0.683. The second-order valence-electron chi connectivity index (χ2n) is 7.73. The van der Waals surface area contributed by atoms with Crippen molar-refractivity contribution < 1.29 is 4.74 Å². The molecule has 166 valence electrons. The second-order valence-corrected chi connectivity index (χ2v) is 9.99. The number of halogens is 1. The average Bonchev–Trinajstić information content (AvgIpc) is 3.09. The van der Waals surface area contributed by atoms with E-state index < -0.39 is 0 Å². The van der Waals surface area contributed by atoms with Gasteiger partial charge in [-0.25, -0.2) is 5.53 Å². The van der Waals surface area contributed by atoms with Gasteiger partial charge in [0, 0.05) is 16.2 Å². The van der Waals surface area contributed by atoms with Crippen molar-refractivity contribution in [3.05, 3.63) is 49.8 Å². The van der Waals surface area contributed by atoms with E-state index in [0.717, 1.165) is 53.8 Å². The Morgan fingerprint density at radius 2 is 1.94 bits per heavy atom. The van der Waals surface area contributed by atoms with Crippen molar-refractivity contribution in [3.63, 3.8) is 0 Å². The van der Waals surface area contributed by atoms with Gasteiger partial charge in [-0.05, 0) is 78.1 Å².